The third kappa shape index (κ3) is 5.59. The molecule has 0 radical (unpaired) electrons. The van der Waals surface area contributed by atoms with Gasteiger partial charge in [-0.05, 0) is 64.6 Å². The van der Waals surface area contributed by atoms with Gasteiger partial charge in [-0.2, -0.15) is 4.31 Å². The molecule has 172 valence electrons. The fourth-order valence-corrected chi connectivity index (χ4v) is 5.44. The van der Waals surface area contributed by atoms with Crippen molar-refractivity contribution in [3.63, 3.8) is 0 Å². The van der Waals surface area contributed by atoms with Gasteiger partial charge in [-0.1, -0.05) is 12.1 Å². The molecule has 0 aliphatic carbocycles. The molecule has 3 rings (SSSR count). The molecular weight excluding hydrogens is 543 g/mol. The minimum Gasteiger partial charge on any atom is -0.378 e. The van der Waals surface area contributed by atoms with Gasteiger partial charge in [0.15, 0.2) is 0 Å². The van der Waals surface area contributed by atoms with Crippen LogP contribution in [0.5, 0.6) is 0 Å². The van der Waals surface area contributed by atoms with Crippen molar-refractivity contribution in [2.75, 3.05) is 38.6 Å². The first-order valence-corrected chi connectivity index (χ1v) is 12.7. The number of anilines is 1. The van der Waals surface area contributed by atoms with Crippen molar-refractivity contribution in [1.82, 2.24) is 14.5 Å². The van der Waals surface area contributed by atoms with Crippen molar-refractivity contribution in [3.05, 3.63) is 57.7 Å². The Kier molecular flexibility index (Phi) is 7.78. The van der Waals surface area contributed by atoms with Crippen LogP contribution in [0, 0.1) is 3.57 Å². The van der Waals surface area contributed by atoms with Gasteiger partial charge < -0.3 is 15.1 Å². The van der Waals surface area contributed by atoms with E-state index in [1.165, 1.54) is 28.3 Å². The van der Waals surface area contributed by atoms with E-state index in [-0.39, 0.29) is 37.0 Å². The first-order chi connectivity index (χ1) is 15.1. The molecule has 1 heterocycles. The van der Waals surface area contributed by atoms with Crippen LogP contribution < -0.4 is 10.2 Å². The number of nitrogens with one attached hydrogen (secondary N) is 1. The summed E-state index contributed by atoms with van der Waals surface area (Å²) < 4.78 is 28.7. The number of carbonyl (C=O) groups is 2. The maximum atomic E-state index is 13.3. The van der Waals surface area contributed by atoms with Gasteiger partial charge in [0, 0.05) is 56.5 Å². The average Bonchev–Trinajstić information content (AvgIpc) is 2.77. The third-order valence-corrected chi connectivity index (χ3v) is 8.06. The maximum absolute atomic E-state index is 13.3. The number of benzene rings is 2. The lowest BCUT2D eigenvalue weighted by Crippen LogP contribution is -2.61. The van der Waals surface area contributed by atoms with E-state index in [1.54, 1.807) is 12.1 Å². The van der Waals surface area contributed by atoms with Crippen molar-refractivity contribution in [1.29, 1.82) is 0 Å². The van der Waals surface area contributed by atoms with Crippen molar-refractivity contribution in [2.45, 2.75) is 24.4 Å². The Balaban J connectivity index is 1.80. The molecule has 1 unspecified atom stereocenters. The Labute approximate surface area is 202 Å². The number of halogens is 1. The van der Waals surface area contributed by atoms with Gasteiger partial charge in [-0.15, -0.1) is 0 Å². The zero-order valence-corrected chi connectivity index (χ0v) is 21.3. The Bertz CT molecular complexity index is 1070. The number of hydrogen-bond acceptors (Lipinski definition) is 5. The summed E-state index contributed by atoms with van der Waals surface area (Å²) in [5.74, 6) is -0.616. The highest BCUT2D eigenvalue weighted by atomic mass is 127. The largest absolute Gasteiger partial charge is 0.378 e. The topological polar surface area (TPSA) is 90.0 Å². The predicted molar refractivity (Wildman–Crippen MR) is 132 cm³/mol. The monoisotopic (exact) mass is 570 g/mol. The maximum Gasteiger partial charge on any atom is 0.243 e. The van der Waals surface area contributed by atoms with Crippen LogP contribution in [0.1, 0.15) is 12.5 Å². The van der Waals surface area contributed by atoms with E-state index in [9.17, 15) is 18.0 Å². The summed E-state index contributed by atoms with van der Waals surface area (Å²) in [6, 6.07) is 13.2. The molecule has 1 fully saturated rings. The van der Waals surface area contributed by atoms with Gasteiger partial charge in [0.1, 0.15) is 6.04 Å². The van der Waals surface area contributed by atoms with Crippen LogP contribution in [0.3, 0.4) is 0 Å². The van der Waals surface area contributed by atoms with Crippen LogP contribution >= 0.6 is 22.6 Å². The molecule has 1 N–H and O–H groups in total. The van der Waals surface area contributed by atoms with Crippen LogP contribution in [-0.4, -0.2) is 69.2 Å². The Hall–Kier alpha value is -2.18. The first-order valence-electron chi connectivity index (χ1n) is 10.2. The highest BCUT2D eigenvalue weighted by molar-refractivity contribution is 14.1. The lowest BCUT2D eigenvalue weighted by atomic mass is 10.1. The third-order valence-electron chi connectivity index (χ3n) is 5.42. The smallest absolute Gasteiger partial charge is 0.243 e. The number of hydrogen-bond donors (Lipinski definition) is 1. The molecule has 1 aliphatic rings. The Morgan fingerprint density at radius 2 is 1.69 bits per heavy atom. The van der Waals surface area contributed by atoms with Crippen LogP contribution in [0.4, 0.5) is 5.69 Å². The summed E-state index contributed by atoms with van der Waals surface area (Å²) >= 11 is 2.11. The van der Waals surface area contributed by atoms with E-state index in [0.717, 1.165) is 14.8 Å². The molecule has 10 heteroatoms. The minimum atomic E-state index is -3.89. The summed E-state index contributed by atoms with van der Waals surface area (Å²) in [5.41, 5.74) is 1.94. The van der Waals surface area contributed by atoms with Gasteiger partial charge in [-0.3, -0.25) is 9.59 Å². The van der Waals surface area contributed by atoms with Crippen molar-refractivity contribution in [2.24, 2.45) is 0 Å². The van der Waals surface area contributed by atoms with Crippen molar-refractivity contribution >= 4 is 50.1 Å². The molecule has 2 aromatic carbocycles. The fourth-order valence-electron chi connectivity index (χ4n) is 3.51. The number of amides is 2. The van der Waals surface area contributed by atoms with Crippen molar-refractivity contribution < 1.29 is 18.0 Å². The number of rotatable bonds is 6. The minimum absolute atomic E-state index is 0.0182. The molecule has 1 saturated heterocycles. The first kappa shape index (κ1) is 24.5. The second kappa shape index (κ2) is 10.2. The average molecular weight is 570 g/mol. The van der Waals surface area contributed by atoms with E-state index >= 15 is 0 Å². The highest BCUT2D eigenvalue weighted by Gasteiger charge is 2.40. The Morgan fingerprint density at radius 3 is 2.25 bits per heavy atom. The zero-order chi connectivity index (χ0) is 23.5. The zero-order valence-electron chi connectivity index (χ0n) is 18.3. The Morgan fingerprint density at radius 1 is 1.06 bits per heavy atom. The van der Waals surface area contributed by atoms with E-state index in [1.807, 2.05) is 43.3 Å². The molecule has 2 amide bonds. The number of piperazine rings is 1. The summed E-state index contributed by atoms with van der Waals surface area (Å²) in [5, 5.41) is 2.84. The van der Waals surface area contributed by atoms with Crippen LogP contribution in [0.2, 0.25) is 0 Å². The number of nitrogens with zero attached hydrogens (tertiary/aromatic N) is 3. The normalized spacial score (nSPS) is 17.1. The molecule has 1 aliphatic heterocycles. The SMILES string of the molecule is CC(=O)N1CCN(S(=O)(=O)c2ccc(I)cc2)C(C(=O)NCc2ccc(N(C)C)cc2)C1. The summed E-state index contributed by atoms with van der Waals surface area (Å²) in [6.07, 6.45) is 0. The van der Waals surface area contributed by atoms with E-state index in [2.05, 4.69) is 27.9 Å². The lowest BCUT2D eigenvalue weighted by molar-refractivity contribution is -0.134. The molecule has 2 aromatic rings. The number of sulfonamides is 1. The van der Waals surface area contributed by atoms with Crippen molar-refractivity contribution in [3.8, 4) is 0 Å². The molecule has 0 saturated carbocycles. The van der Waals surface area contributed by atoms with Gasteiger partial charge in [0.05, 0.1) is 4.90 Å². The number of carbonyl (C=O) groups excluding carboxylic acids is 2. The quantitative estimate of drug-likeness (QED) is 0.537. The summed E-state index contributed by atoms with van der Waals surface area (Å²) in [6.45, 7) is 2.01. The summed E-state index contributed by atoms with van der Waals surface area (Å²) in [7, 11) is 0.000888. The molecule has 8 nitrogen and oxygen atoms in total. The van der Waals surface area contributed by atoms with Gasteiger partial charge in [0.25, 0.3) is 0 Å². The second-order valence-corrected chi connectivity index (χ2v) is 11.0. The van der Waals surface area contributed by atoms with E-state index in [4.69, 9.17) is 0 Å². The van der Waals surface area contributed by atoms with Gasteiger partial charge in [-0.25, -0.2) is 8.42 Å². The van der Waals surface area contributed by atoms with Crippen LogP contribution in [0.15, 0.2) is 53.4 Å². The molecule has 32 heavy (non-hydrogen) atoms. The van der Waals surface area contributed by atoms with Gasteiger partial charge >= 0.3 is 0 Å². The lowest BCUT2D eigenvalue weighted by Gasteiger charge is -2.39. The fraction of sp³-hybridized carbons (Fsp3) is 0.364. The molecular formula is C22H27IN4O4S. The molecule has 1 atom stereocenters. The molecule has 0 aromatic heterocycles. The summed E-state index contributed by atoms with van der Waals surface area (Å²) in [4.78, 5) is 28.6. The molecule has 0 spiro atoms. The standard InChI is InChI=1S/C22H27IN4O4S/c1-16(28)26-12-13-27(32(30,31)20-10-6-18(23)7-11-20)21(15-26)22(29)24-14-17-4-8-19(9-5-17)25(2)3/h4-11,21H,12-15H2,1-3H3,(H,24,29). The highest BCUT2D eigenvalue weighted by Crippen LogP contribution is 2.23. The second-order valence-electron chi connectivity index (χ2n) is 7.83. The van der Waals surface area contributed by atoms with Crippen LogP contribution in [0.25, 0.3) is 0 Å². The van der Waals surface area contributed by atoms with E-state index in [0.29, 0.717) is 0 Å². The van der Waals surface area contributed by atoms with E-state index < -0.39 is 22.0 Å². The molecule has 0 bridgehead atoms. The van der Waals surface area contributed by atoms with Crippen LogP contribution in [-0.2, 0) is 26.2 Å². The predicted octanol–water partition coefficient (Wildman–Crippen LogP) is 1.89. The van der Waals surface area contributed by atoms with Gasteiger partial charge in [0.2, 0.25) is 21.8 Å².